The summed E-state index contributed by atoms with van der Waals surface area (Å²) in [5.41, 5.74) is 0.315. The summed E-state index contributed by atoms with van der Waals surface area (Å²) < 4.78 is 2.09. The molecule has 4 fully saturated rings. The molecule has 4 saturated carbocycles. The van der Waals surface area contributed by atoms with Crippen molar-refractivity contribution in [2.45, 2.75) is 50.5 Å². The average molecular weight is 241 g/mol. The third kappa shape index (κ3) is 1.38. The first-order valence-electron chi connectivity index (χ1n) is 7.18. The molecule has 3 heteroatoms. The molecule has 0 atom stereocenters. The van der Waals surface area contributed by atoms with E-state index >= 15 is 0 Å². The zero-order chi connectivity index (χ0) is 12.2. The Kier molecular flexibility index (Phi) is 2.12. The summed E-state index contributed by atoms with van der Waals surface area (Å²) >= 11 is 0. The van der Waals surface area contributed by atoms with Crippen molar-refractivity contribution >= 4 is 0 Å². The molecule has 5 rings (SSSR count). The number of nitriles is 1. The van der Waals surface area contributed by atoms with Gasteiger partial charge in [-0.25, -0.2) is 4.98 Å². The van der Waals surface area contributed by atoms with Gasteiger partial charge in [0.15, 0.2) is 0 Å². The summed E-state index contributed by atoms with van der Waals surface area (Å²) in [7, 11) is 0. The van der Waals surface area contributed by atoms with Crippen molar-refractivity contribution in [3.05, 3.63) is 18.2 Å². The fourth-order valence-electron chi connectivity index (χ4n) is 5.36. The van der Waals surface area contributed by atoms with Crippen LogP contribution < -0.4 is 0 Å². The van der Waals surface area contributed by atoms with Crippen LogP contribution in [0.2, 0.25) is 0 Å². The second-order valence-electron chi connectivity index (χ2n) is 6.73. The maximum Gasteiger partial charge on any atom is 0.115 e. The molecule has 3 nitrogen and oxygen atoms in total. The molecule has 0 radical (unpaired) electrons. The van der Waals surface area contributed by atoms with E-state index in [1.807, 2.05) is 12.4 Å². The molecular formula is C15H19N3. The standard InChI is InChI=1S/C15H19N3/c16-1-3-18-4-2-17-14(18)15-8-11-5-12(9-15)7-13(6-11)10-15/h2,4,11-13H,3,5-10H2. The maximum atomic E-state index is 8.95. The van der Waals surface area contributed by atoms with Gasteiger partial charge in [-0.3, -0.25) is 0 Å². The zero-order valence-electron chi connectivity index (χ0n) is 10.7. The smallest absolute Gasteiger partial charge is 0.115 e. The predicted octanol–water partition coefficient (Wildman–Crippen LogP) is 2.87. The molecule has 0 aromatic carbocycles. The van der Waals surface area contributed by atoms with Crippen molar-refractivity contribution in [1.82, 2.24) is 9.55 Å². The molecule has 4 aliphatic rings. The summed E-state index contributed by atoms with van der Waals surface area (Å²) in [5.74, 6) is 4.01. The quantitative estimate of drug-likeness (QED) is 0.799. The highest BCUT2D eigenvalue weighted by Gasteiger charge is 2.53. The molecule has 0 aliphatic heterocycles. The lowest BCUT2D eigenvalue weighted by Gasteiger charge is -2.56. The van der Waals surface area contributed by atoms with Crippen molar-refractivity contribution in [2.24, 2.45) is 17.8 Å². The third-order valence-corrected chi connectivity index (χ3v) is 5.47. The van der Waals surface area contributed by atoms with E-state index in [1.54, 1.807) is 0 Å². The van der Waals surface area contributed by atoms with Gasteiger partial charge in [-0.1, -0.05) is 0 Å². The molecule has 18 heavy (non-hydrogen) atoms. The largest absolute Gasteiger partial charge is 0.321 e. The van der Waals surface area contributed by atoms with Crippen LogP contribution in [0.1, 0.15) is 44.3 Å². The van der Waals surface area contributed by atoms with E-state index in [-0.39, 0.29) is 0 Å². The van der Waals surface area contributed by atoms with Crippen LogP contribution in [0.4, 0.5) is 0 Å². The minimum absolute atomic E-state index is 0.315. The Bertz CT molecular complexity index is 473. The molecule has 0 spiro atoms. The van der Waals surface area contributed by atoms with Gasteiger partial charge < -0.3 is 4.57 Å². The molecule has 1 aromatic rings. The molecule has 0 amide bonds. The number of imidazole rings is 1. The lowest BCUT2D eigenvalue weighted by Crippen LogP contribution is -2.49. The monoisotopic (exact) mass is 241 g/mol. The lowest BCUT2D eigenvalue weighted by molar-refractivity contribution is -0.0107. The van der Waals surface area contributed by atoms with Crippen molar-refractivity contribution in [2.75, 3.05) is 0 Å². The van der Waals surface area contributed by atoms with E-state index in [1.165, 1.54) is 44.3 Å². The Morgan fingerprint density at radius 2 is 1.83 bits per heavy atom. The minimum atomic E-state index is 0.315. The van der Waals surface area contributed by atoms with Crippen LogP contribution in [0, 0.1) is 29.1 Å². The molecular weight excluding hydrogens is 222 g/mol. The Morgan fingerprint density at radius 3 is 2.39 bits per heavy atom. The fraction of sp³-hybridized carbons (Fsp3) is 0.733. The number of hydrogen-bond donors (Lipinski definition) is 0. The van der Waals surface area contributed by atoms with Gasteiger partial charge in [-0.05, 0) is 56.3 Å². The number of nitrogens with zero attached hydrogens (tertiary/aromatic N) is 3. The van der Waals surface area contributed by atoms with Crippen LogP contribution in [-0.2, 0) is 12.0 Å². The summed E-state index contributed by atoms with van der Waals surface area (Å²) in [5, 5.41) is 8.95. The Morgan fingerprint density at radius 1 is 1.22 bits per heavy atom. The first kappa shape index (κ1) is 10.6. The van der Waals surface area contributed by atoms with Gasteiger partial charge in [-0.2, -0.15) is 5.26 Å². The number of hydrogen-bond acceptors (Lipinski definition) is 2. The molecule has 0 N–H and O–H groups in total. The number of aromatic nitrogens is 2. The van der Waals surface area contributed by atoms with Gasteiger partial charge >= 0.3 is 0 Å². The molecule has 4 bridgehead atoms. The van der Waals surface area contributed by atoms with Crippen LogP contribution in [0.3, 0.4) is 0 Å². The van der Waals surface area contributed by atoms with E-state index in [0.717, 1.165) is 17.8 Å². The van der Waals surface area contributed by atoms with Gasteiger partial charge in [0.1, 0.15) is 12.4 Å². The summed E-state index contributed by atoms with van der Waals surface area (Å²) in [6.07, 6.45) is 12.2. The lowest BCUT2D eigenvalue weighted by atomic mass is 9.49. The predicted molar refractivity (Wildman–Crippen MR) is 67.7 cm³/mol. The number of rotatable bonds is 2. The van der Waals surface area contributed by atoms with E-state index in [9.17, 15) is 0 Å². The summed E-state index contributed by atoms with van der Waals surface area (Å²) in [6, 6.07) is 2.27. The van der Waals surface area contributed by atoms with Crippen LogP contribution in [0.15, 0.2) is 12.4 Å². The van der Waals surface area contributed by atoms with E-state index in [2.05, 4.69) is 15.6 Å². The second-order valence-corrected chi connectivity index (χ2v) is 6.73. The topological polar surface area (TPSA) is 41.6 Å². The zero-order valence-corrected chi connectivity index (χ0v) is 10.7. The van der Waals surface area contributed by atoms with Crippen molar-refractivity contribution in [3.8, 4) is 6.07 Å². The highest BCUT2D eigenvalue weighted by atomic mass is 15.1. The van der Waals surface area contributed by atoms with Crippen molar-refractivity contribution < 1.29 is 0 Å². The highest BCUT2D eigenvalue weighted by molar-refractivity contribution is 5.19. The van der Waals surface area contributed by atoms with Crippen LogP contribution >= 0.6 is 0 Å². The summed E-state index contributed by atoms with van der Waals surface area (Å²) in [6.45, 7) is 0.455. The molecule has 1 aromatic heterocycles. The van der Waals surface area contributed by atoms with Crippen LogP contribution in [0.25, 0.3) is 0 Å². The van der Waals surface area contributed by atoms with E-state index in [0.29, 0.717) is 12.0 Å². The van der Waals surface area contributed by atoms with Gasteiger partial charge in [-0.15, -0.1) is 0 Å². The van der Waals surface area contributed by atoms with Crippen molar-refractivity contribution in [3.63, 3.8) is 0 Å². The van der Waals surface area contributed by atoms with E-state index in [4.69, 9.17) is 5.26 Å². The molecule has 1 heterocycles. The molecule has 4 aliphatic carbocycles. The van der Waals surface area contributed by atoms with Gasteiger partial charge in [0.05, 0.1) is 6.07 Å². The molecule has 0 unspecified atom stereocenters. The third-order valence-electron chi connectivity index (χ3n) is 5.47. The van der Waals surface area contributed by atoms with Gasteiger partial charge in [0, 0.05) is 17.8 Å². The Hall–Kier alpha value is -1.30. The van der Waals surface area contributed by atoms with Crippen LogP contribution in [-0.4, -0.2) is 9.55 Å². The Labute approximate surface area is 108 Å². The molecule has 94 valence electrons. The van der Waals surface area contributed by atoms with E-state index < -0.39 is 0 Å². The highest BCUT2D eigenvalue weighted by Crippen LogP contribution is 2.60. The van der Waals surface area contributed by atoms with Gasteiger partial charge in [0.2, 0.25) is 0 Å². The molecule has 0 saturated heterocycles. The minimum Gasteiger partial charge on any atom is -0.321 e. The van der Waals surface area contributed by atoms with Crippen LogP contribution in [0.5, 0.6) is 0 Å². The second kappa shape index (κ2) is 3.60. The summed E-state index contributed by atoms with van der Waals surface area (Å²) in [4.78, 5) is 4.64. The van der Waals surface area contributed by atoms with Gasteiger partial charge in [0.25, 0.3) is 0 Å². The maximum absolute atomic E-state index is 8.95. The average Bonchev–Trinajstić information content (AvgIpc) is 2.76. The Balaban J connectivity index is 1.75. The SMILES string of the molecule is N#CCn1ccnc1C12CC3CC(CC(C3)C1)C2. The first-order chi connectivity index (χ1) is 8.79. The normalized spacial score (nSPS) is 40.9. The first-order valence-corrected chi connectivity index (χ1v) is 7.18. The fourth-order valence-corrected chi connectivity index (χ4v) is 5.36. The van der Waals surface area contributed by atoms with Crippen molar-refractivity contribution in [1.29, 1.82) is 5.26 Å².